The van der Waals surface area contributed by atoms with Crippen molar-refractivity contribution in [2.24, 2.45) is 0 Å². The summed E-state index contributed by atoms with van der Waals surface area (Å²) in [6.45, 7) is 3.45. The minimum atomic E-state index is -3.02. The van der Waals surface area contributed by atoms with Gasteiger partial charge in [0, 0.05) is 21.3 Å². The summed E-state index contributed by atoms with van der Waals surface area (Å²) in [6.07, 6.45) is 0. The van der Waals surface area contributed by atoms with E-state index in [0.717, 1.165) is 0 Å². The van der Waals surface area contributed by atoms with Gasteiger partial charge in [0.05, 0.1) is 4.32 Å². The average Bonchev–Trinajstić information content (AvgIpc) is 2.12. The Kier molecular flexibility index (Phi) is 5.24. The van der Waals surface area contributed by atoms with Crippen LogP contribution in [0.4, 0.5) is 0 Å². The number of carbonyl (C=O) groups is 1. The lowest BCUT2D eigenvalue weighted by atomic mass is 10.2. The van der Waals surface area contributed by atoms with E-state index < -0.39 is 13.3 Å². The van der Waals surface area contributed by atoms with Crippen LogP contribution < -0.4 is 4.98 Å². The van der Waals surface area contributed by atoms with Crippen molar-refractivity contribution < 1.29 is 18.1 Å². The van der Waals surface area contributed by atoms with Gasteiger partial charge in [-0.2, -0.15) is 0 Å². The van der Waals surface area contributed by atoms with Gasteiger partial charge in [-0.3, -0.25) is 4.79 Å². The van der Waals surface area contributed by atoms with E-state index in [2.05, 4.69) is 20.9 Å². The topological polar surface area (TPSA) is 56.8 Å². The van der Waals surface area contributed by atoms with Crippen LogP contribution in [0.1, 0.15) is 13.8 Å². The van der Waals surface area contributed by atoms with Gasteiger partial charge in [0.15, 0.2) is 0 Å². The molecule has 0 fully saturated rings. The fourth-order valence-electron chi connectivity index (χ4n) is 0.691. The fraction of sp³-hybridized carbons (Fsp3) is 0.857. The molecule has 0 saturated heterocycles. The molecule has 0 aromatic rings. The molecule has 0 saturated carbocycles. The van der Waals surface area contributed by atoms with E-state index in [1.807, 2.05) is 0 Å². The molecule has 5 nitrogen and oxygen atoms in total. The third-order valence-electron chi connectivity index (χ3n) is 1.61. The van der Waals surface area contributed by atoms with Crippen LogP contribution in [0.5, 0.6) is 0 Å². The summed E-state index contributed by atoms with van der Waals surface area (Å²) in [5.41, 5.74) is 0. The molecule has 0 aliphatic rings. The van der Waals surface area contributed by atoms with Gasteiger partial charge in [-0.25, -0.2) is 0 Å². The quantitative estimate of drug-likeness (QED) is 0.595. The van der Waals surface area contributed by atoms with E-state index in [0.29, 0.717) is 0 Å². The maximum atomic E-state index is 11.6. The van der Waals surface area contributed by atoms with Crippen molar-refractivity contribution in [3.8, 4) is 0 Å². The molecule has 0 unspecified atom stereocenters. The zero-order valence-electron chi connectivity index (χ0n) is 9.01. The Bertz CT molecular complexity index is 194. The monoisotopic (exact) mass is 285 g/mol. The molecule has 0 atom stereocenters. The maximum absolute atomic E-state index is 11.6. The minimum Gasteiger partial charge on any atom is -0.360 e. The van der Waals surface area contributed by atoms with Gasteiger partial charge in [-0.1, -0.05) is 15.9 Å². The molecule has 1 amide bonds. The molecule has 0 spiro atoms. The SMILES string of the molecule is CO[Si](NC(=O)C(C)(C)Br)(OC)OC. The Morgan fingerprint density at radius 1 is 1.21 bits per heavy atom. The minimum absolute atomic E-state index is 0.241. The van der Waals surface area contributed by atoms with Gasteiger partial charge in [-0.15, -0.1) is 0 Å². The Morgan fingerprint density at radius 3 is 1.79 bits per heavy atom. The van der Waals surface area contributed by atoms with Crippen molar-refractivity contribution in [1.29, 1.82) is 0 Å². The number of rotatable bonds is 5. The molecule has 0 aliphatic carbocycles. The molecule has 0 aromatic heterocycles. The summed E-state index contributed by atoms with van der Waals surface area (Å²) in [5.74, 6) is -0.241. The van der Waals surface area contributed by atoms with E-state index in [1.54, 1.807) is 13.8 Å². The van der Waals surface area contributed by atoms with Crippen LogP contribution in [0, 0.1) is 0 Å². The van der Waals surface area contributed by atoms with E-state index in [4.69, 9.17) is 13.3 Å². The van der Waals surface area contributed by atoms with Crippen LogP contribution in [0.2, 0.25) is 0 Å². The number of alkyl halides is 1. The molecule has 1 N–H and O–H groups in total. The van der Waals surface area contributed by atoms with Crippen LogP contribution >= 0.6 is 15.9 Å². The van der Waals surface area contributed by atoms with Crippen LogP contribution in [-0.4, -0.2) is 40.5 Å². The summed E-state index contributed by atoms with van der Waals surface area (Å²) in [5, 5.41) is 0. The second-order valence-electron chi connectivity index (χ2n) is 3.10. The predicted octanol–water partition coefficient (Wildman–Crippen LogP) is 0.651. The molecule has 0 rings (SSSR count). The molecule has 0 heterocycles. The standard InChI is InChI=1S/C7H16BrNO4Si/c1-7(2,8)6(10)9-14(11-3,12-4)13-5/h1-5H3,(H,9,10). The normalized spacial score (nSPS) is 12.7. The van der Waals surface area contributed by atoms with Crippen LogP contribution in [0.3, 0.4) is 0 Å². The Balaban J connectivity index is 4.54. The lowest BCUT2D eigenvalue weighted by Crippen LogP contribution is -2.62. The summed E-state index contributed by atoms with van der Waals surface area (Å²) in [7, 11) is 1.27. The first-order valence-electron chi connectivity index (χ1n) is 3.98. The van der Waals surface area contributed by atoms with Crippen molar-refractivity contribution in [2.75, 3.05) is 21.3 Å². The largest absolute Gasteiger partial charge is 0.632 e. The second kappa shape index (κ2) is 5.22. The number of carbonyl (C=O) groups excluding carboxylic acids is 1. The van der Waals surface area contributed by atoms with E-state index >= 15 is 0 Å². The van der Waals surface area contributed by atoms with Crippen molar-refractivity contribution in [2.45, 2.75) is 18.2 Å². The van der Waals surface area contributed by atoms with Gasteiger partial charge in [0.2, 0.25) is 5.91 Å². The van der Waals surface area contributed by atoms with E-state index in [9.17, 15) is 4.79 Å². The first kappa shape index (κ1) is 14.0. The molecule has 14 heavy (non-hydrogen) atoms. The van der Waals surface area contributed by atoms with Crippen LogP contribution in [0.25, 0.3) is 0 Å². The molecular formula is C7H16BrNO4Si. The summed E-state index contributed by atoms with van der Waals surface area (Å²) >= 11 is 3.23. The smallest absolute Gasteiger partial charge is 0.360 e. The van der Waals surface area contributed by atoms with Crippen molar-refractivity contribution >= 4 is 30.8 Å². The van der Waals surface area contributed by atoms with Gasteiger partial charge in [0.25, 0.3) is 0 Å². The molecular weight excluding hydrogens is 270 g/mol. The highest BCUT2D eigenvalue weighted by Crippen LogP contribution is 2.16. The van der Waals surface area contributed by atoms with Gasteiger partial charge in [-0.05, 0) is 13.8 Å². The highest BCUT2D eigenvalue weighted by atomic mass is 79.9. The van der Waals surface area contributed by atoms with E-state index in [1.165, 1.54) is 21.3 Å². The summed E-state index contributed by atoms with van der Waals surface area (Å²) in [6, 6.07) is 0. The third-order valence-corrected chi connectivity index (χ3v) is 4.12. The highest BCUT2D eigenvalue weighted by Gasteiger charge is 2.44. The number of nitrogens with one attached hydrogen (secondary N) is 1. The Hall–Kier alpha value is 0.0469. The van der Waals surface area contributed by atoms with Gasteiger partial charge >= 0.3 is 8.97 Å². The van der Waals surface area contributed by atoms with E-state index in [-0.39, 0.29) is 5.91 Å². The Morgan fingerprint density at radius 2 is 1.57 bits per heavy atom. The van der Waals surface area contributed by atoms with Crippen molar-refractivity contribution in [1.82, 2.24) is 4.98 Å². The fourth-order valence-corrected chi connectivity index (χ4v) is 2.37. The Labute approximate surface area is 93.7 Å². The second-order valence-corrected chi connectivity index (χ2v) is 7.66. The predicted molar refractivity (Wildman–Crippen MR) is 57.9 cm³/mol. The number of hydrogen-bond donors (Lipinski definition) is 1. The van der Waals surface area contributed by atoms with Crippen molar-refractivity contribution in [3.05, 3.63) is 0 Å². The van der Waals surface area contributed by atoms with Gasteiger partial charge < -0.3 is 18.3 Å². The van der Waals surface area contributed by atoms with Crippen molar-refractivity contribution in [3.63, 3.8) is 0 Å². The lowest BCUT2D eigenvalue weighted by Gasteiger charge is -2.27. The van der Waals surface area contributed by atoms with Crippen LogP contribution in [0.15, 0.2) is 0 Å². The lowest BCUT2D eigenvalue weighted by molar-refractivity contribution is -0.122. The summed E-state index contributed by atoms with van der Waals surface area (Å²) < 4.78 is 14.5. The zero-order valence-corrected chi connectivity index (χ0v) is 11.6. The number of halogens is 1. The third kappa shape index (κ3) is 3.66. The number of amides is 1. The first-order valence-corrected chi connectivity index (χ1v) is 6.50. The highest BCUT2D eigenvalue weighted by molar-refractivity contribution is 9.10. The molecule has 0 aliphatic heterocycles. The molecule has 7 heteroatoms. The molecule has 0 radical (unpaired) electrons. The average molecular weight is 286 g/mol. The zero-order chi connectivity index (χ0) is 11.4. The first-order chi connectivity index (χ1) is 6.31. The maximum Gasteiger partial charge on any atom is 0.632 e. The molecule has 0 bridgehead atoms. The molecule has 0 aromatic carbocycles. The number of hydrogen-bond acceptors (Lipinski definition) is 4. The summed E-state index contributed by atoms with van der Waals surface area (Å²) in [4.78, 5) is 14.2. The molecule has 84 valence electrons. The van der Waals surface area contributed by atoms with Gasteiger partial charge in [0.1, 0.15) is 0 Å². The van der Waals surface area contributed by atoms with Crippen LogP contribution in [-0.2, 0) is 18.1 Å².